The van der Waals surface area contributed by atoms with Crippen molar-refractivity contribution in [2.24, 2.45) is 0 Å². The van der Waals surface area contributed by atoms with Crippen LogP contribution in [-0.4, -0.2) is 65.1 Å². The Morgan fingerprint density at radius 2 is 1.10 bits per heavy atom. The number of fused-ring (bicyclic) bond motifs is 1. The SMILES string of the molecule is COc1ccc(N2Cc3cnc(Nc4ccc(F)c(OC)c4)nc3N(C3C[C@@H](O[Si](c4ccccc4)(c4ccccc4)C(C)(C)C)C[C@@H](O[Si](c4ccccc4)(c4ccccc4)C(C)(C)C)C3)C2=O)cc1. The topological polar surface area (TPSA) is 98.3 Å². The van der Waals surface area contributed by atoms with Crippen molar-refractivity contribution in [3.8, 4) is 11.5 Å². The van der Waals surface area contributed by atoms with E-state index < -0.39 is 28.5 Å². The molecule has 366 valence electrons. The van der Waals surface area contributed by atoms with Crippen molar-refractivity contribution in [1.82, 2.24) is 9.97 Å². The van der Waals surface area contributed by atoms with Crippen molar-refractivity contribution in [2.75, 3.05) is 29.3 Å². The minimum absolute atomic E-state index is 0.0842. The lowest BCUT2D eigenvalue weighted by molar-refractivity contribution is 0.0473. The van der Waals surface area contributed by atoms with Crippen LogP contribution in [0, 0.1) is 5.82 Å². The quantitative estimate of drug-likeness (QED) is 0.108. The zero-order valence-corrected chi connectivity index (χ0v) is 43.9. The molecule has 1 saturated carbocycles. The van der Waals surface area contributed by atoms with E-state index in [9.17, 15) is 4.39 Å². The predicted molar refractivity (Wildman–Crippen MR) is 288 cm³/mol. The summed E-state index contributed by atoms with van der Waals surface area (Å²) < 4.78 is 41.6. The van der Waals surface area contributed by atoms with Crippen LogP contribution < -0.4 is 45.3 Å². The van der Waals surface area contributed by atoms with Gasteiger partial charge in [0.2, 0.25) is 5.95 Å². The van der Waals surface area contributed by atoms with E-state index in [1.807, 2.05) is 29.2 Å². The van der Waals surface area contributed by atoms with Crippen LogP contribution in [0.5, 0.6) is 11.5 Å². The summed E-state index contributed by atoms with van der Waals surface area (Å²) >= 11 is 0. The fraction of sp³-hybridized carbons (Fsp3) is 0.293. The number of carbonyl (C=O) groups excluding carboxylic acids is 1. The molecule has 1 aromatic heterocycles. The molecule has 10 nitrogen and oxygen atoms in total. The third kappa shape index (κ3) is 9.63. The second-order valence-electron chi connectivity index (χ2n) is 20.6. The normalized spacial score (nSPS) is 17.6. The molecule has 1 aliphatic heterocycles. The molecule has 1 N–H and O–H groups in total. The van der Waals surface area contributed by atoms with Crippen LogP contribution >= 0.6 is 0 Å². The molecule has 2 amide bonds. The highest BCUT2D eigenvalue weighted by molar-refractivity contribution is 7.00. The number of methoxy groups -OCH3 is 2. The van der Waals surface area contributed by atoms with Crippen LogP contribution in [0.25, 0.3) is 0 Å². The number of nitrogens with zero attached hydrogens (tertiary/aromatic N) is 4. The molecular weight excluding hydrogens is 922 g/mol. The average molecular weight is 986 g/mol. The fourth-order valence-electron chi connectivity index (χ4n) is 10.9. The summed E-state index contributed by atoms with van der Waals surface area (Å²) in [6, 6.07) is 54.3. The molecular formula is C58H64FN5O5Si2. The minimum Gasteiger partial charge on any atom is -0.497 e. The first-order valence-electron chi connectivity index (χ1n) is 24.4. The van der Waals surface area contributed by atoms with Crippen LogP contribution in [0.4, 0.5) is 32.3 Å². The maximum absolute atomic E-state index is 15.7. The number of urea groups is 1. The number of rotatable bonds is 14. The minimum atomic E-state index is -3.14. The van der Waals surface area contributed by atoms with Crippen molar-refractivity contribution < 1.29 is 27.5 Å². The number of carbonyl (C=O) groups is 1. The van der Waals surface area contributed by atoms with Crippen LogP contribution in [-0.2, 0) is 15.4 Å². The van der Waals surface area contributed by atoms with Gasteiger partial charge in [-0.15, -0.1) is 0 Å². The van der Waals surface area contributed by atoms with E-state index in [1.54, 1.807) is 30.3 Å². The summed E-state index contributed by atoms with van der Waals surface area (Å²) in [6.07, 6.45) is 2.68. The van der Waals surface area contributed by atoms with Gasteiger partial charge in [0.1, 0.15) is 11.6 Å². The fourth-order valence-corrected chi connectivity index (χ4v) is 20.3. The zero-order chi connectivity index (χ0) is 50.0. The number of benzene rings is 6. The van der Waals surface area contributed by atoms with Gasteiger partial charge in [0, 0.05) is 35.2 Å². The van der Waals surface area contributed by atoms with Crippen molar-refractivity contribution in [2.45, 2.75) is 95.7 Å². The number of ether oxygens (including phenoxy) is 2. The average Bonchev–Trinajstić information content (AvgIpc) is 3.38. The van der Waals surface area contributed by atoms with Crippen molar-refractivity contribution in [3.63, 3.8) is 0 Å². The van der Waals surface area contributed by atoms with E-state index in [1.165, 1.54) is 33.9 Å². The lowest BCUT2D eigenvalue weighted by Crippen LogP contribution is -2.70. The molecule has 0 radical (unpaired) electrons. The van der Waals surface area contributed by atoms with E-state index in [-0.39, 0.29) is 46.6 Å². The van der Waals surface area contributed by atoms with Crippen molar-refractivity contribution in [1.29, 1.82) is 0 Å². The second-order valence-corrected chi connectivity index (χ2v) is 29.1. The summed E-state index contributed by atoms with van der Waals surface area (Å²) in [5.41, 5.74) is 2.01. The Bertz CT molecular complexity index is 2730. The summed E-state index contributed by atoms with van der Waals surface area (Å²) in [7, 11) is -3.22. The summed E-state index contributed by atoms with van der Waals surface area (Å²) in [6.45, 7) is 14.0. The predicted octanol–water partition coefficient (Wildman–Crippen LogP) is 10.8. The first-order valence-corrected chi connectivity index (χ1v) is 28.3. The highest BCUT2D eigenvalue weighted by Gasteiger charge is 2.56. The molecule has 0 saturated heterocycles. The second kappa shape index (κ2) is 20.2. The van der Waals surface area contributed by atoms with Crippen LogP contribution in [0.1, 0.15) is 66.4 Å². The summed E-state index contributed by atoms with van der Waals surface area (Å²) in [5.74, 6) is 1.03. The van der Waals surface area contributed by atoms with Gasteiger partial charge in [-0.25, -0.2) is 14.2 Å². The number of anilines is 4. The van der Waals surface area contributed by atoms with Gasteiger partial charge in [0.15, 0.2) is 11.6 Å². The highest BCUT2D eigenvalue weighted by atomic mass is 28.4. The van der Waals surface area contributed by atoms with Gasteiger partial charge in [-0.3, -0.25) is 9.80 Å². The van der Waals surface area contributed by atoms with Gasteiger partial charge in [0.05, 0.1) is 33.0 Å². The van der Waals surface area contributed by atoms with Gasteiger partial charge in [0.25, 0.3) is 16.6 Å². The van der Waals surface area contributed by atoms with E-state index in [0.29, 0.717) is 42.2 Å². The third-order valence-electron chi connectivity index (χ3n) is 14.1. The molecule has 13 heteroatoms. The monoisotopic (exact) mass is 985 g/mol. The summed E-state index contributed by atoms with van der Waals surface area (Å²) in [4.78, 5) is 29.3. The Balaban J connectivity index is 1.22. The van der Waals surface area contributed by atoms with Gasteiger partial charge in [-0.1, -0.05) is 163 Å². The Morgan fingerprint density at radius 3 is 1.54 bits per heavy atom. The third-order valence-corrected chi connectivity index (χ3v) is 24.3. The molecule has 6 aromatic carbocycles. The molecule has 1 aliphatic carbocycles. The van der Waals surface area contributed by atoms with E-state index in [4.69, 9.17) is 28.3 Å². The molecule has 2 heterocycles. The first-order chi connectivity index (χ1) is 34.1. The van der Waals surface area contributed by atoms with E-state index in [0.717, 1.165) is 5.56 Å². The maximum atomic E-state index is 15.7. The molecule has 71 heavy (non-hydrogen) atoms. The molecule has 9 rings (SSSR count). The first kappa shape index (κ1) is 49.3. The Morgan fingerprint density at radius 1 is 0.620 bits per heavy atom. The van der Waals surface area contributed by atoms with Gasteiger partial charge >= 0.3 is 6.03 Å². The Hall–Kier alpha value is -6.65. The number of hydrogen-bond donors (Lipinski definition) is 1. The number of halogens is 1. The molecule has 0 spiro atoms. The van der Waals surface area contributed by atoms with Gasteiger partial charge < -0.3 is 23.6 Å². The summed E-state index contributed by atoms with van der Waals surface area (Å²) in [5, 5.41) is 7.35. The van der Waals surface area contributed by atoms with E-state index in [2.05, 4.69) is 168 Å². The largest absolute Gasteiger partial charge is 0.497 e. The van der Waals surface area contributed by atoms with Crippen LogP contribution in [0.2, 0.25) is 10.1 Å². The maximum Gasteiger partial charge on any atom is 0.330 e. The van der Waals surface area contributed by atoms with Crippen molar-refractivity contribution >= 4 is 66.6 Å². The molecule has 2 aliphatic rings. The van der Waals surface area contributed by atoms with Crippen LogP contribution in [0.15, 0.2) is 170 Å². The lowest BCUT2D eigenvalue weighted by atomic mass is 9.89. The van der Waals surface area contributed by atoms with E-state index >= 15 is 4.79 Å². The molecule has 1 unspecified atom stereocenters. The smallest absolute Gasteiger partial charge is 0.330 e. The number of aromatic nitrogens is 2. The molecule has 3 atom stereocenters. The standard InChI is InChI=1S/C58H64FN5O5Si2/c1-57(2,3)70(48-21-13-9-14-22-48,49-23-15-10-16-24-49)68-46-36-44(37-47(38-46)69-71(58(4,5)6,50-25-17-11-18-26-50)51-27-19-12-20-28-51)64-54-41(40-63(56(64)65)43-30-32-45(66-7)33-31-43)39-60-55(62-54)61-42-29-34-52(59)53(35-42)67-8/h9-35,39,44,46-47H,36-38,40H2,1-8H3,(H,60,61,62)/t44?,46-,47+. The van der Waals surface area contributed by atoms with Crippen molar-refractivity contribution in [3.05, 3.63) is 181 Å². The molecule has 0 bridgehead atoms. The zero-order valence-electron chi connectivity index (χ0n) is 41.9. The van der Waals surface area contributed by atoms with Crippen LogP contribution in [0.3, 0.4) is 0 Å². The number of nitrogens with one attached hydrogen (secondary N) is 1. The van der Waals surface area contributed by atoms with Gasteiger partial charge in [-0.2, -0.15) is 4.98 Å². The number of amides is 2. The molecule has 1 fully saturated rings. The van der Waals surface area contributed by atoms with Gasteiger partial charge in [-0.05, 0) is 86.5 Å². The molecule has 7 aromatic rings. The number of hydrogen-bond acceptors (Lipinski definition) is 8. The highest BCUT2D eigenvalue weighted by Crippen LogP contribution is 2.45. The Labute approximate surface area is 420 Å². The Kier molecular flexibility index (Phi) is 14.1. The lowest BCUT2D eigenvalue weighted by Gasteiger charge is -2.51.